The van der Waals surface area contributed by atoms with Gasteiger partial charge in [-0.2, -0.15) is 0 Å². The van der Waals surface area contributed by atoms with E-state index < -0.39 is 0 Å². The predicted octanol–water partition coefficient (Wildman–Crippen LogP) is 5.03. The molecule has 26 heavy (non-hydrogen) atoms. The molecule has 0 aliphatic carbocycles. The molecular formula is C18H22N4OS3. The number of likely N-dealkylation sites (N-methyl/N-ethyl adjacent to an activating group) is 1. The molecule has 2 heterocycles. The van der Waals surface area contributed by atoms with Crippen LogP contribution in [0.15, 0.2) is 30.3 Å². The minimum Gasteiger partial charge on any atom is -0.492 e. The molecule has 0 amide bonds. The smallest absolute Gasteiger partial charge is 0.208 e. The minimum atomic E-state index is 0.608. The van der Waals surface area contributed by atoms with Gasteiger partial charge in [-0.25, -0.2) is 0 Å². The van der Waals surface area contributed by atoms with Gasteiger partial charge in [0.2, 0.25) is 5.13 Å². The zero-order valence-corrected chi connectivity index (χ0v) is 17.6. The number of para-hydroxylation sites is 1. The van der Waals surface area contributed by atoms with Crippen molar-refractivity contribution in [1.29, 1.82) is 0 Å². The van der Waals surface area contributed by atoms with Crippen LogP contribution in [0.25, 0.3) is 9.88 Å². The van der Waals surface area contributed by atoms with Gasteiger partial charge in [0.15, 0.2) is 8.96 Å². The number of aromatic nitrogens is 3. The predicted molar refractivity (Wildman–Crippen MR) is 112 cm³/mol. The molecule has 3 rings (SSSR count). The van der Waals surface area contributed by atoms with Gasteiger partial charge >= 0.3 is 0 Å². The van der Waals surface area contributed by atoms with Crippen molar-refractivity contribution < 1.29 is 4.74 Å². The fourth-order valence-electron chi connectivity index (χ4n) is 2.65. The molecule has 2 aromatic heterocycles. The van der Waals surface area contributed by atoms with Gasteiger partial charge in [-0.1, -0.05) is 29.5 Å². The summed E-state index contributed by atoms with van der Waals surface area (Å²) in [5, 5.41) is 10.7. The third kappa shape index (κ3) is 4.13. The number of benzene rings is 1. The van der Waals surface area contributed by atoms with Crippen molar-refractivity contribution in [3.05, 3.63) is 40.0 Å². The van der Waals surface area contributed by atoms with Crippen molar-refractivity contribution in [1.82, 2.24) is 14.8 Å². The zero-order chi connectivity index (χ0) is 18.5. The Bertz CT molecular complexity index is 901. The molecule has 0 fully saturated rings. The van der Waals surface area contributed by atoms with Crippen molar-refractivity contribution in [2.75, 3.05) is 24.6 Å². The molecule has 0 atom stereocenters. The van der Waals surface area contributed by atoms with Crippen molar-refractivity contribution in [2.24, 2.45) is 0 Å². The quantitative estimate of drug-likeness (QED) is 0.491. The molecule has 0 unspecified atom stereocenters. The number of thiazole rings is 1. The van der Waals surface area contributed by atoms with E-state index in [1.165, 1.54) is 5.69 Å². The average molecular weight is 407 g/mol. The van der Waals surface area contributed by atoms with E-state index in [1.54, 1.807) is 22.7 Å². The SMILES string of the molecule is CCN(CCOc1ccccc1)c1nnc(-c2sc(=S)n(CC)c2C)s1. The molecule has 0 aliphatic rings. The summed E-state index contributed by atoms with van der Waals surface area (Å²) in [6.07, 6.45) is 0. The normalized spacial score (nSPS) is 10.9. The summed E-state index contributed by atoms with van der Waals surface area (Å²) in [6.45, 7) is 9.43. The highest BCUT2D eigenvalue weighted by atomic mass is 32.1. The molecule has 8 heteroatoms. The topological polar surface area (TPSA) is 43.2 Å². The zero-order valence-electron chi connectivity index (χ0n) is 15.1. The molecule has 0 radical (unpaired) electrons. The van der Waals surface area contributed by atoms with Crippen LogP contribution in [0, 0.1) is 10.9 Å². The molecule has 0 N–H and O–H groups in total. The van der Waals surface area contributed by atoms with Crippen molar-refractivity contribution in [2.45, 2.75) is 27.3 Å². The standard InChI is InChI=1S/C18H22N4OS3/c1-4-21(11-12-23-14-9-7-6-8-10-14)17-20-19-16(26-17)15-13(3)22(5-2)18(24)25-15/h6-10H,4-5,11-12H2,1-3H3. The number of ether oxygens (including phenoxy) is 1. The summed E-state index contributed by atoms with van der Waals surface area (Å²) in [4.78, 5) is 3.31. The van der Waals surface area contributed by atoms with E-state index in [0.29, 0.717) is 6.61 Å². The van der Waals surface area contributed by atoms with Crippen LogP contribution in [0.1, 0.15) is 19.5 Å². The Morgan fingerprint density at radius 3 is 2.58 bits per heavy atom. The van der Waals surface area contributed by atoms with Crippen LogP contribution in [0.3, 0.4) is 0 Å². The summed E-state index contributed by atoms with van der Waals surface area (Å²) in [5.41, 5.74) is 1.17. The lowest BCUT2D eigenvalue weighted by Gasteiger charge is -2.19. The molecule has 0 saturated carbocycles. The first-order valence-electron chi connectivity index (χ1n) is 8.61. The van der Waals surface area contributed by atoms with E-state index in [-0.39, 0.29) is 0 Å². The van der Waals surface area contributed by atoms with E-state index in [0.717, 1.165) is 44.4 Å². The van der Waals surface area contributed by atoms with Crippen LogP contribution in [-0.4, -0.2) is 34.5 Å². The second kappa shape index (κ2) is 8.75. The lowest BCUT2D eigenvalue weighted by atomic mass is 10.3. The second-order valence-electron chi connectivity index (χ2n) is 5.66. The maximum absolute atomic E-state index is 5.80. The lowest BCUT2D eigenvalue weighted by Crippen LogP contribution is -2.27. The van der Waals surface area contributed by atoms with E-state index >= 15 is 0 Å². The van der Waals surface area contributed by atoms with Crippen molar-refractivity contribution in [3.8, 4) is 15.6 Å². The highest BCUT2D eigenvalue weighted by Crippen LogP contribution is 2.35. The minimum absolute atomic E-state index is 0.608. The van der Waals surface area contributed by atoms with E-state index in [9.17, 15) is 0 Å². The van der Waals surface area contributed by atoms with E-state index in [2.05, 4.69) is 40.4 Å². The summed E-state index contributed by atoms with van der Waals surface area (Å²) in [5.74, 6) is 0.887. The Morgan fingerprint density at radius 2 is 1.92 bits per heavy atom. The van der Waals surface area contributed by atoms with Gasteiger partial charge in [0.1, 0.15) is 12.4 Å². The third-order valence-corrected chi connectivity index (χ3v) is 6.78. The Morgan fingerprint density at radius 1 is 1.15 bits per heavy atom. The number of nitrogens with zero attached hydrogens (tertiary/aromatic N) is 4. The molecule has 1 aromatic carbocycles. The molecule has 0 bridgehead atoms. The maximum atomic E-state index is 5.80. The van der Waals surface area contributed by atoms with Gasteiger partial charge < -0.3 is 14.2 Å². The first-order chi connectivity index (χ1) is 12.6. The largest absolute Gasteiger partial charge is 0.492 e. The monoisotopic (exact) mass is 406 g/mol. The summed E-state index contributed by atoms with van der Waals surface area (Å²) in [7, 11) is 0. The van der Waals surface area contributed by atoms with Crippen LogP contribution >= 0.6 is 34.9 Å². The Kier molecular flexibility index (Phi) is 6.39. The fraction of sp³-hybridized carbons (Fsp3) is 0.389. The van der Waals surface area contributed by atoms with Crippen LogP contribution in [0.4, 0.5) is 5.13 Å². The Hall–Kier alpha value is -1.77. The van der Waals surface area contributed by atoms with Gasteiger partial charge in [-0.3, -0.25) is 0 Å². The number of hydrogen-bond donors (Lipinski definition) is 0. The lowest BCUT2D eigenvalue weighted by molar-refractivity contribution is 0.324. The summed E-state index contributed by atoms with van der Waals surface area (Å²) in [6, 6.07) is 9.87. The average Bonchev–Trinajstić information content (AvgIpc) is 3.24. The molecular weight excluding hydrogens is 384 g/mol. The highest BCUT2D eigenvalue weighted by molar-refractivity contribution is 7.73. The van der Waals surface area contributed by atoms with Gasteiger partial charge in [0, 0.05) is 18.8 Å². The Labute approximate surface area is 166 Å². The maximum Gasteiger partial charge on any atom is 0.208 e. The van der Waals surface area contributed by atoms with Crippen LogP contribution in [0.5, 0.6) is 5.75 Å². The van der Waals surface area contributed by atoms with Gasteiger partial charge in [-0.05, 0) is 45.1 Å². The first kappa shape index (κ1) is 19.0. The van der Waals surface area contributed by atoms with Crippen LogP contribution in [0.2, 0.25) is 0 Å². The van der Waals surface area contributed by atoms with Gasteiger partial charge in [-0.15, -0.1) is 21.5 Å². The van der Waals surface area contributed by atoms with Gasteiger partial charge in [0.05, 0.1) is 11.4 Å². The molecule has 3 aromatic rings. The third-order valence-electron chi connectivity index (χ3n) is 4.09. The van der Waals surface area contributed by atoms with Crippen molar-refractivity contribution in [3.63, 3.8) is 0 Å². The summed E-state index contributed by atoms with van der Waals surface area (Å²) >= 11 is 8.67. The van der Waals surface area contributed by atoms with Gasteiger partial charge in [0.25, 0.3) is 0 Å². The fourth-order valence-corrected chi connectivity index (χ4v) is 5.28. The summed E-state index contributed by atoms with van der Waals surface area (Å²) < 4.78 is 8.83. The van der Waals surface area contributed by atoms with Crippen molar-refractivity contribution >= 4 is 40.0 Å². The van der Waals surface area contributed by atoms with E-state index in [1.807, 2.05) is 30.3 Å². The Balaban J connectivity index is 1.70. The molecule has 0 saturated heterocycles. The number of anilines is 1. The number of rotatable bonds is 8. The van der Waals surface area contributed by atoms with E-state index in [4.69, 9.17) is 17.0 Å². The second-order valence-corrected chi connectivity index (χ2v) is 8.26. The van der Waals surface area contributed by atoms with Crippen LogP contribution in [-0.2, 0) is 6.54 Å². The molecule has 0 aliphatic heterocycles. The molecule has 5 nitrogen and oxygen atoms in total. The molecule has 138 valence electrons. The number of hydrogen-bond acceptors (Lipinski definition) is 7. The molecule has 0 spiro atoms. The first-order valence-corrected chi connectivity index (χ1v) is 10.6. The van der Waals surface area contributed by atoms with Crippen LogP contribution < -0.4 is 9.64 Å². The highest BCUT2D eigenvalue weighted by Gasteiger charge is 2.17.